The highest BCUT2D eigenvalue weighted by molar-refractivity contribution is 6.15. The van der Waals surface area contributed by atoms with E-state index in [1.54, 1.807) is 0 Å². The first-order valence-corrected chi connectivity index (χ1v) is 6.89. The summed E-state index contributed by atoms with van der Waals surface area (Å²) in [6.45, 7) is 0. The van der Waals surface area contributed by atoms with E-state index in [4.69, 9.17) is 0 Å². The van der Waals surface area contributed by atoms with Gasteiger partial charge in [-0.15, -0.1) is 0 Å². The van der Waals surface area contributed by atoms with Gasteiger partial charge in [-0.3, -0.25) is 4.79 Å². The molecule has 1 aliphatic rings. The molecule has 0 aliphatic heterocycles. The molecule has 0 atom stereocenters. The maximum Gasteiger partial charge on any atom is 0.185 e. The summed E-state index contributed by atoms with van der Waals surface area (Å²) < 4.78 is 0. The number of hydrogen-bond donors (Lipinski definition) is 0. The molecule has 20 heavy (non-hydrogen) atoms. The van der Waals surface area contributed by atoms with Gasteiger partial charge in [0.1, 0.15) is 0 Å². The molecular weight excluding hydrogens is 244 g/mol. The Balaban J connectivity index is 1.85. The fourth-order valence-electron chi connectivity index (χ4n) is 2.48. The van der Waals surface area contributed by atoms with E-state index in [2.05, 4.69) is 0 Å². The van der Waals surface area contributed by atoms with Crippen LogP contribution in [0.1, 0.15) is 24.0 Å². The van der Waals surface area contributed by atoms with Crippen molar-refractivity contribution in [1.82, 2.24) is 0 Å². The fourth-order valence-corrected chi connectivity index (χ4v) is 2.48. The first-order chi connectivity index (χ1) is 9.83. The molecule has 3 rings (SSSR count). The normalized spacial score (nSPS) is 18.9. The van der Waals surface area contributed by atoms with Gasteiger partial charge in [-0.25, -0.2) is 0 Å². The molecule has 2 aromatic rings. The van der Waals surface area contributed by atoms with Crippen molar-refractivity contribution in [3.63, 3.8) is 0 Å². The van der Waals surface area contributed by atoms with Crippen LogP contribution in [0.25, 0.3) is 12.2 Å². The summed E-state index contributed by atoms with van der Waals surface area (Å²) in [7, 11) is 0. The molecule has 1 saturated carbocycles. The van der Waals surface area contributed by atoms with Crippen molar-refractivity contribution in [2.24, 2.45) is 0 Å². The van der Waals surface area contributed by atoms with Crippen molar-refractivity contribution in [2.75, 3.05) is 0 Å². The van der Waals surface area contributed by atoms with E-state index in [0.717, 1.165) is 35.1 Å². The lowest BCUT2D eigenvalue weighted by Gasteiger charge is -1.97. The molecule has 1 aliphatic carbocycles. The third-order valence-electron chi connectivity index (χ3n) is 3.53. The molecule has 0 spiro atoms. The van der Waals surface area contributed by atoms with E-state index >= 15 is 0 Å². The highest BCUT2D eigenvalue weighted by Gasteiger charge is 2.22. The van der Waals surface area contributed by atoms with Crippen LogP contribution in [0.5, 0.6) is 0 Å². The number of allylic oxidation sites excluding steroid dienone is 2. The number of hydrogen-bond acceptors (Lipinski definition) is 1. The Hall–Kier alpha value is -2.41. The van der Waals surface area contributed by atoms with Crippen molar-refractivity contribution < 1.29 is 4.79 Å². The SMILES string of the molecule is O=C1C(=Cc2ccccc2)CCC1=Cc1ccccc1. The van der Waals surface area contributed by atoms with Crippen LogP contribution in [0.3, 0.4) is 0 Å². The van der Waals surface area contributed by atoms with Gasteiger partial charge >= 0.3 is 0 Å². The predicted octanol–water partition coefficient (Wildman–Crippen LogP) is 4.52. The number of carbonyl (C=O) groups is 1. The van der Waals surface area contributed by atoms with Crippen molar-refractivity contribution in [2.45, 2.75) is 12.8 Å². The first kappa shape index (κ1) is 12.6. The Bertz CT molecular complexity index is 604. The summed E-state index contributed by atoms with van der Waals surface area (Å²) in [6.07, 6.45) is 5.70. The van der Waals surface area contributed by atoms with Crippen LogP contribution in [0.2, 0.25) is 0 Å². The number of rotatable bonds is 2. The molecule has 1 heteroatoms. The van der Waals surface area contributed by atoms with Crippen LogP contribution >= 0.6 is 0 Å². The third-order valence-corrected chi connectivity index (χ3v) is 3.53. The van der Waals surface area contributed by atoms with E-state index in [-0.39, 0.29) is 5.78 Å². The quantitative estimate of drug-likeness (QED) is 0.726. The smallest absolute Gasteiger partial charge is 0.185 e. The Morgan fingerprint density at radius 1 is 0.650 bits per heavy atom. The molecule has 0 amide bonds. The van der Waals surface area contributed by atoms with Gasteiger partial charge in [-0.2, -0.15) is 0 Å². The second-order valence-electron chi connectivity index (χ2n) is 4.99. The van der Waals surface area contributed by atoms with Crippen molar-refractivity contribution in [1.29, 1.82) is 0 Å². The zero-order valence-electron chi connectivity index (χ0n) is 11.3. The third kappa shape index (κ3) is 2.77. The molecule has 0 bridgehead atoms. The maximum atomic E-state index is 12.4. The number of carbonyl (C=O) groups excluding carboxylic acids is 1. The summed E-state index contributed by atoms with van der Waals surface area (Å²) in [5.41, 5.74) is 4.02. The molecule has 1 nitrogen and oxygen atoms in total. The molecule has 0 N–H and O–H groups in total. The Morgan fingerprint density at radius 3 is 1.45 bits per heavy atom. The summed E-state index contributed by atoms with van der Waals surface area (Å²) in [5.74, 6) is 0.192. The molecule has 2 aromatic carbocycles. The van der Waals surface area contributed by atoms with Crippen LogP contribution in [0.15, 0.2) is 71.8 Å². The summed E-state index contributed by atoms with van der Waals surface area (Å²) in [5, 5.41) is 0. The summed E-state index contributed by atoms with van der Waals surface area (Å²) in [4.78, 5) is 12.4. The Labute approximate surface area is 119 Å². The van der Waals surface area contributed by atoms with Gasteiger partial charge in [0.05, 0.1) is 0 Å². The van der Waals surface area contributed by atoms with Gasteiger partial charge in [-0.05, 0) is 36.1 Å². The number of Topliss-reactive ketones (excluding diaryl/α,β-unsaturated/α-hetero) is 1. The minimum absolute atomic E-state index is 0.192. The monoisotopic (exact) mass is 260 g/mol. The van der Waals surface area contributed by atoms with E-state index < -0.39 is 0 Å². The van der Waals surface area contributed by atoms with Crippen LogP contribution in [0.4, 0.5) is 0 Å². The Morgan fingerprint density at radius 2 is 1.05 bits per heavy atom. The lowest BCUT2D eigenvalue weighted by atomic mass is 10.1. The van der Waals surface area contributed by atoms with Crippen molar-refractivity contribution >= 4 is 17.9 Å². The predicted molar refractivity (Wildman–Crippen MR) is 83.1 cm³/mol. The van der Waals surface area contributed by atoms with Gasteiger partial charge in [0.2, 0.25) is 0 Å². The second kappa shape index (κ2) is 5.70. The maximum absolute atomic E-state index is 12.4. The van der Waals surface area contributed by atoms with E-state index in [0.29, 0.717) is 0 Å². The molecule has 0 unspecified atom stereocenters. The Kier molecular flexibility index (Phi) is 3.60. The average Bonchev–Trinajstić information content (AvgIpc) is 2.83. The number of ketones is 1. The number of benzene rings is 2. The van der Waals surface area contributed by atoms with Crippen molar-refractivity contribution in [3.8, 4) is 0 Å². The van der Waals surface area contributed by atoms with Gasteiger partial charge in [0, 0.05) is 11.1 Å². The van der Waals surface area contributed by atoms with Crippen molar-refractivity contribution in [3.05, 3.63) is 82.9 Å². The van der Waals surface area contributed by atoms with Crippen LogP contribution in [-0.4, -0.2) is 5.78 Å². The van der Waals surface area contributed by atoms with Crippen LogP contribution in [-0.2, 0) is 4.79 Å². The van der Waals surface area contributed by atoms with Gasteiger partial charge < -0.3 is 0 Å². The topological polar surface area (TPSA) is 17.1 Å². The standard InChI is InChI=1S/C19H16O/c20-19-17(13-15-7-3-1-4-8-15)11-12-18(19)14-16-9-5-2-6-10-16/h1-10,13-14H,11-12H2. The molecular formula is C19H16O. The minimum atomic E-state index is 0.192. The molecule has 1 fully saturated rings. The summed E-state index contributed by atoms with van der Waals surface area (Å²) in [6, 6.07) is 20.0. The highest BCUT2D eigenvalue weighted by Crippen LogP contribution is 2.29. The van der Waals surface area contributed by atoms with E-state index in [1.807, 2.05) is 72.8 Å². The molecule has 98 valence electrons. The van der Waals surface area contributed by atoms with Crippen LogP contribution < -0.4 is 0 Å². The first-order valence-electron chi connectivity index (χ1n) is 6.89. The van der Waals surface area contributed by atoms with Crippen LogP contribution in [0, 0.1) is 0 Å². The van der Waals surface area contributed by atoms with E-state index in [9.17, 15) is 4.79 Å². The molecule has 0 saturated heterocycles. The average molecular weight is 260 g/mol. The van der Waals surface area contributed by atoms with E-state index in [1.165, 1.54) is 0 Å². The lowest BCUT2D eigenvalue weighted by molar-refractivity contribution is -0.111. The minimum Gasteiger partial charge on any atom is -0.289 e. The van der Waals surface area contributed by atoms with Gasteiger partial charge in [0.25, 0.3) is 0 Å². The second-order valence-corrected chi connectivity index (χ2v) is 4.99. The molecule has 0 radical (unpaired) electrons. The van der Waals surface area contributed by atoms with Gasteiger partial charge in [-0.1, -0.05) is 60.7 Å². The summed E-state index contributed by atoms with van der Waals surface area (Å²) >= 11 is 0. The molecule has 0 heterocycles. The fraction of sp³-hybridized carbons (Fsp3) is 0.105. The largest absolute Gasteiger partial charge is 0.289 e. The zero-order valence-corrected chi connectivity index (χ0v) is 11.3. The zero-order chi connectivity index (χ0) is 13.8. The lowest BCUT2D eigenvalue weighted by Crippen LogP contribution is -1.95. The van der Waals surface area contributed by atoms with Gasteiger partial charge in [0.15, 0.2) is 5.78 Å². The highest BCUT2D eigenvalue weighted by atomic mass is 16.1. The molecule has 0 aromatic heterocycles.